The Hall–Kier alpha value is -0.910. The third kappa shape index (κ3) is 3.00. The number of nitrogens with two attached hydrogens (primary N) is 1. The average molecular weight is 417 g/mol. The number of benzene rings is 2. The molecule has 0 aromatic heterocycles. The summed E-state index contributed by atoms with van der Waals surface area (Å²) >= 11 is 6.82. The molecule has 0 aliphatic carbocycles. The van der Waals surface area contributed by atoms with Crippen LogP contribution in [0.25, 0.3) is 0 Å². The molecule has 2 rings (SSSR count). The van der Waals surface area contributed by atoms with Gasteiger partial charge in [0.15, 0.2) is 0 Å². The summed E-state index contributed by atoms with van der Waals surface area (Å²) < 4.78 is 20.6. The molecule has 0 bridgehead atoms. The molecular weight excluding hydrogens is 401 g/mol. The molecule has 0 fully saturated rings. The summed E-state index contributed by atoms with van der Waals surface area (Å²) in [5, 5.41) is 0. The SMILES string of the molecule is COc1c(C)cc(Br)c(C)c1C(N)c1cccc(F)c1Br. The summed E-state index contributed by atoms with van der Waals surface area (Å²) in [7, 11) is 1.62. The fraction of sp³-hybridized carbons (Fsp3) is 0.250. The normalized spacial score (nSPS) is 12.3. The Balaban J connectivity index is 2.68. The van der Waals surface area contributed by atoms with Crippen LogP contribution in [0.15, 0.2) is 33.2 Å². The van der Waals surface area contributed by atoms with Crippen LogP contribution in [0.4, 0.5) is 4.39 Å². The van der Waals surface area contributed by atoms with Gasteiger partial charge in [0.2, 0.25) is 0 Å². The van der Waals surface area contributed by atoms with Crippen LogP contribution < -0.4 is 10.5 Å². The molecule has 2 N–H and O–H groups in total. The van der Waals surface area contributed by atoms with Crippen LogP contribution in [0.5, 0.6) is 5.75 Å². The Bertz CT molecular complexity index is 688. The smallest absolute Gasteiger partial charge is 0.137 e. The quantitative estimate of drug-likeness (QED) is 0.761. The van der Waals surface area contributed by atoms with Crippen molar-refractivity contribution in [3.05, 3.63) is 61.3 Å². The third-order valence-corrected chi connectivity index (χ3v) is 5.20. The van der Waals surface area contributed by atoms with Gasteiger partial charge in [-0.25, -0.2) is 4.39 Å². The number of aryl methyl sites for hydroxylation is 1. The van der Waals surface area contributed by atoms with E-state index < -0.39 is 6.04 Å². The van der Waals surface area contributed by atoms with E-state index in [1.54, 1.807) is 13.2 Å². The molecule has 1 atom stereocenters. The molecule has 1 unspecified atom stereocenters. The van der Waals surface area contributed by atoms with E-state index in [-0.39, 0.29) is 5.82 Å². The Labute approximate surface area is 140 Å². The van der Waals surface area contributed by atoms with Crippen LogP contribution in [0, 0.1) is 19.7 Å². The predicted octanol–water partition coefficient (Wildman–Crippen LogP) is 5.02. The van der Waals surface area contributed by atoms with Crippen LogP contribution in [-0.2, 0) is 0 Å². The van der Waals surface area contributed by atoms with E-state index in [1.165, 1.54) is 6.07 Å². The lowest BCUT2D eigenvalue weighted by Gasteiger charge is -2.22. The Morgan fingerprint density at radius 2 is 1.90 bits per heavy atom. The number of hydrogen-bond acceptors (Lipinski definition) is 2. The van der Waals surface area contributed by atoms with Gasteiger partial charge in [-0.3, -0.25) is 0 Å². The van der Waals surface area contributed by atoms with Gasteiger partial charge in [-0.15, -0.1) is 0 Å². The van der Waals surface area contributed by atoms with Crippen LogP contribution in [0.1, 0.15) is 28.3 Å². The monoisotopic (exact) mass is 415 g/mol. The average Bonchev–Trinajstić information content (AvgIpc) is 2.44. The van der Waals surface area contributed by atoms with Crippen molar-refractivity contribution in [1.29, 1.82) is 0 Å². The van der Waals surface area contributed by atoms with Crippen molar-refractivity contribution in [1.82, 2.24) is 0 Å². The van der Waals surface area contributed by atoms with E-state index in [2.05, 4.69) is 31.9 Å². The zero-order valence-electron chi connectivity index (χ0n) is 12.0. The first kappa shape index (κ1) is 16.5. The van der Waals surface area contributed by atoms with Crippen LogP contribution in [0.3, 0.4) is 0 Å². The second kappa shape index (κ2) is 6.46. The Morgan fingerprint density at radius 3 is 2.52 bits per heavy atom. The number of hydrogen-bond donors (Lipinski definition) is 1. The van der Waals surface area contributed by atoms with Gasteiger partial charge in [0.25, 0.3) is 0 Å². The van der Waals surface area contributed by atoms with E-state index in [4.69, 9.17) is 10.5 Å². The first-order valence-corrected chi connectivity index (χ1v) is 8.00. The molecule has 0 amide bonds. The lowest BCUT2D eigenvalue weighted by atomic mass is 9.93. The van der Waals surface area contributed by atoms with Gasteiger partial charge >= 0.3 is 0 Å². The second-order valence-electron chi connectivity index (χ2n) is 4.87. The van der Waals surface area contributed by atoms with Gasteiger partial charge in [0.1, 0.15) is 11.6 Å². The summed E-state index contributed by atoms with van der Waals surface area (Å²) in [4.78, 5) is 0. The lowest BCUT2D eigenvalue weighted by Crippen LogP contribution is -2.16. The predicted molar refractivity (Wildman–Crippen MR) is 90.3 cm³/mol. The fourth-order valence-corrected chi connectivity index (χ4v) is 3.50. The molecule has 2 nitrogen and oxygen atoms in total. The molecule has 0 aliphatic rings. The van der Waals surface area contributed by atoms with Crippen molar-refractivity contribution in [3.63, 3.8) is 0 Å². The molecule has 2 aromatic rings. The van der Waals surface area contributed by atoms with E-state index in [0.29, 0.717) is 10.0 Å². The maximum absolute atomic E-state index is 13.8. The minimum atomic E-state index is -0.485. The first-order valence-electron chi connectivity index (χ1n) is 6.41. The summed E-state index contributed by atoms with van der Waals surface area (Å²) in [5.41, 5.74) is 9.92. The van der Waals surface area contributed by atoms with Crippen molar-refractivity contribution in [2.24, 2.45) is 5.73 Å². The maximum Gasteiger partial charge on any atom is 0.137 e. The molecular formula is C16H16Br2FNO. The van der Waals surface area contributed by atoms with Crippen molar-refractivity contribution < 1.29 is 9.13 Å². The highest BCUT2D eigenvalue weighted by Gasteiger charge is 2.22. The number of halogens is 3. The minimum Gasteiger partial charge on any atom is -0.496 e. The standard InChI is InChI=1S/C16H16Br2FNO/c1-8-7-11(17)9(2)13(16(8)21-3)15(20)10-5-4-6-12(19)14(10)18/h4-7,15H,20H2,1-3H3. The summed E-state index contributed by atoms with van der Waals surface area (Å²) in [5.74, 6) is 0.408. The van der Waals surface area contributed by atoms with Crippen molar-refractivity contribution >= 4 is 31.9 Å². The van der Waals surface area contributed by atoms with Gasteiger partial charge in [0, 0.05) is 10.0 Å². The van der Waals surface area contributed by atoms with E-state index in [1.807, 2.05) is 26.0 Å². The lowest BCUT2D eigenvalue weighted by molar-refractivity contribution is 0.404. The molecule has 2 aromatic carbocycles. The van der Waals surface area contributed by atoms with Crippen molar-refractivity contribution in [2.45, 2.75) is 19.9 Å². The van der Waals surface area contributed by atoms with Gasteiger partial charge in [-0.05, 0) is 58.6 Å². The Morgan fingerprint density at radius 1 is 1.24 bits per heavy atom. The van der Waals surface area contributed by atoms with Crippen molar-refractivity contribution in [2.75, 3.05) is 7.11 Å². The molecule has 21 heavy (non-hydrogen) atoms. The van der Waals surface area contributed by atoms with Crippen molar-refractivity contribution in [3.8, 4) is 5.75 Å². The minimum absolute atomic E-state index is 0.328. The first-order chi connectivity index (χ1) is 9.88. The van der Waals surface area contributed by atoms with Crippen LogP contribution >= 0.6 is 31.9 Å². The highest BCUT2D eigenvalue weighted by Crippen LogP contribution is 2.39. The second-order valence-corrected chi connectivity index (χ2v) is 6.52. The summed E-state index contributed by atoms with van der Waals surface area (Å²) in [6, 6.07) is 6.37. The molecule has 0 saturated heterocycles. The molecule has 0 radical (unpaired) electrons. The zero-order chi connectivity index (χ0) is 15.7. The molecule has 0 aliphatic heterocycles. The van der Waals surface area contributed by atoms with E-state index >= 15 is 0 Å². The Kier molecular flexibility index (Phi) is 5.07. The molecule has 0 spiro atoms. The van der Waals surface area contributed by atoms with Gasteiger partial charge in [-0.1, -0.05) is 28.1 Å². The third-order valence-electron chi connectivity index (χ3n) is 3.54. The van der Waals surface area contributed by atoms with Gasteiger partial charge in [0.05, 0.1) is 17.6 Å². The highest BCUT2D eigenvalue weighted by atomic mass is 79.9. The summed E-state index contributed by atoms with van der Waals surface area (Å²) in [6.45, 7) is 3.92. The highest BCUT2D eigenvalue weighted by molar-refractivity contribution is 9.10. The van der Waals surface area contributed by atoms with E-state index in [0.717, 1.165) is 26.9 Å². The summed E-state index contributed by atoms with van der Waals surface area (Å²) in [6.07, 6.45) is 0. The number of ether oxygens (including phenoxy) is 1. The molecule has 5 heteroatoms. The molecule has 112 valence electrons. The number of methoxy groups -OCH3 is 1. The van der Waals surface area contributed by atoms with Crippen LogP contribution in [0.2, 0.25) is 0 Å². The van der Waals surface area contributed by atoms with E-state index in [9.17, 15) is 4.39 Å². The molecule has 0 saturated carbocycles. The fourth-order valence-electron chi connectivity index (χ4n) is 2.44. The topological polar surface area (TPSA) is 35.2 Å². The number of rotatable bonds is 3. The van der Waals surface area contributed by atoms with Gasteiger partial charge in [-0.2, -0.15) is 0 Å². The van der Waals surface area contributed by atoms with Gasteiger partial charge < -0.3 is 10.5 Å². The van der Waals surface area contributed by atoms with Crippen LogP contribution in [-0.4, -0.2) is 7.11 Å². The largest absolute Gasteiger partial charge is 0.496 e. The zero-order valence-corrected chi connectivity index (χ0v) is 15.2. The molecule has 0 heterocycles. The maximum atomic E-state index is 13.8.